The minimum atomic E-state index is -0.174. The van der Waals surface area contributed by atoms with Gasteiger partial charge in [0.05, 0.1) is 6.54 Å². The number of hydrogen-bond donors (Lipinski definition) is 1. The van der Waals surface area contributed by atoms with Crippen molar-refractivity contribution >= 4 is 11.6 Å². The number of nitrogens with zero attached hydrogens (tertiary/aromatic N) is 7. The highest BCUT2D eigenvalue weighted by molar-refractivity contribution is 5.95. The van der Waals surface area contributed by atoms with Gasteiger partial charge in [0.25, 0.3) is 5.91 Å². The monoisotopic (exact) mass is 329 g/mol. The molecule has 0 aliphatic carbocycles. The van der Waals surface area contributed by atoms with Crippen molar-refractivity contribution in [3.05, 3.63) is 50.2 Å². The van der Waals surface area contributed by atoms with Crippen molar-refractivity contribution in [1.82, 2.24) is 4.90 Å². The summed E-state index contributed by atoms with van der Waals surface area (Å²) in [7, 11) is 0. The topological polar surface area (TPSA) is 138 Å². The summed E-state index contributed by atoms with van der Waals surface area (Å²) < 4.78 is 0. The Morgan fingerprint density at radius 1 is 1.29 bits per heavy atom. The molecule has 1 aliphatic heterocycles. The minimum Gasteiger partial charge on any atom is -0.396 e. The molecule has 1 aromatic rings. The average molecular weight is 329 g/mol. The van der Waals surface area contributed by atoms with E-state index >= 15 is 0 Å². The summed E-state index contributed by atoms with van der Waals surface area (Å²) in [5, 5.41) is 16.4. The molecule has 24 heavy (non-hydrogen) atoms. The standard InChI is InChI=1S/C15H19N7O2/c16-20-18-8-12-5-13(7-14(6-12)19-21-17)15(24)22-4-2-1-3-11(9-22)10-23/h5-7,11,23H,1-4,8-10H2. The van der Waals surface area contributed by atoms with E-state index < -0.39 is 0 Å². The van der Waals surface area contributed by atoms with Crippen LogP contribution in [0.5, 0.6) is 0 Å². The fraction of sp³-hybridized carbons (Fsp3) is 0.533. The summed E-state index contributed by atoms with van der Waals surface area (Å²) in [5.74, 6) is -0.0908. The molecule has 2 rings (SSSR count). The molecule has 0 bridgehead atoms. The molecule has 0 radical (unpaired) electrons. The molecule has 9 nitrogen and oxygen atoms in total. The molecule has 0 spiro atoms. The van der Waals surface area contributed by atoms with Crippen LogP contribution in [-0.4, -0.2) is 35.6 Å². The van der Waals surface area contributed by atoms with Crippen molar-refractivity contribution in [3.63, 3.8) is 0 Å². The van der Waals surface area contributed by atoms with Gasteiger partial charge in [0.1, 0.15) is 0 Å². The van der Waals surface area contributed by atoms with E-state index in [0.717, 1.165) is 19.3 Å². The molecule has 1 aromatic carbocycles. The number of carbonyl (C=O) groups is 1. The third-order valence-electron chi connectivity index (χ3n) is 4.02. The highest BCUT2D eigenvalue weighted by atomic mass is 16.3. The van der Waals surface area contributed by atoms with E-state index in [9.17, 15) is 9.90 Å². The Labute approximate surface area is 139 Å². The van der Waals surface area contributed by atoms with E-state index in [1.54, 1.807) is 17.0 Å². The number of azide groups is 2. The minimum absolute atomic E-state index is 0.0602. The second kappa shape index (κ2) is 8.79. The zero-order chi connectivity index (χ0) is 17.4. The van der Waals surface area contributed by atoms with Crippen LogP contribution in [0.3, 0.4) is 0 Å². The maximum atomic E-state index is 12.8. The van der Waals surface area contributed by atoms with Crippen LogP contribution in [0.1, 0.15) is 35.2 Å². The van der Waals surface area contributed by atoms with Gasteiger partial charge in [-0.2, -0.15) is 0 Å². The van der Waals surface area contributed by atoms with Gasteiger partial charge in [0.2, 0.25) is 0 Å². The van der Waals surface area contributed by atoms with E-state index in [2.05, 4.69) is 20.1 Å². The largest absolute Gasteiger partial charge is 0.396 e. The Morgan fingerprint density at radius 2 is 2.12 bits per heavy atom. The van der Waals surface area contributed by atoms with Gasteiger partial charge in [0, 0.05) is 40.8 Å². The van der Waals surface area contributed by atoms with Crippen molar-refractivity contribution in [2.75, 3.05) is 19.7 Å². The zero-order valence-electron chi connectivity index (χ0n) is 13.2. The van der Waals surface area contributed by atoms with E-state index in [-0.39, 0.29) is 25.0 Å². The molecule has 0 saturated carbocycles. The van der Waals surface area contributed by atoms with Gasteiger partial charge < -0.3 is 10.0 Å². The first kappa shape index (κ1) is 17.6. The van der Waals surface area contributed by atoms with Crippen LogP contribution in [0.25, 0.3) is 20.9 Å². The second-order valence-electron chi connectivity index (χ2n) is 5.76. The molecule has 1 amide bonds. The molecular weight excluding hydrogens is 310 g/mol. The first-order valence-corrected chi connectivity index (χ1v) is 7.78. The van der Waals surface area contributed by atoms with Gasteiger partial charge in [-0.1, -0.05) is 16.6 Å². The Morgan fingerprint density at radius 3 is 2.83 bits per heavy atom. The number of hydrogen-bond acceptors (Lipinski definition) is 4. The Balaban J connectivity index is 2.30. The lowest BCUT2D eigenvalue weighted by Crippen LogP contribution is -2.35. The van der Waals surface area contributed by atoms with Crippen molar-refractivity contribution < 1.29 is 9.90 Å². The molecule has 1 aliphatic rings. The van der Waals surface area contributed by atoms with Crippen LogP contribution >= 0.6 is 0 Å². The SMILES string of the molecule is [N-]=[N+]=NCc1cc(N=[N+]=[N-])cc(C(=O)N2CCCCC(CO)C2)c1. The second-order valence-corrected chi connectivity index (χ2v) is 5.76. The van der Waals surface area contributed by atoms with Crippen molar-refractivity contribution in [3.8, 4) is 0 Å². The van der Waals surface area contributed by atoms with Gasteiger partial charge >= 0.3 is 0 Å². The number of benzene rings is 1. The molecule has 126 valence electrons. The predicted octanol–water partition coefficient (Wildman–Crippen LogP) is 3.67. The molecule has 0 aromatic heterocycles. The molecule has 1 heterocycles. The van der Waals surface area contributed by atoms with Gasteiger partial charge in [-0.3, -0.25) is 4.79 Å². The Bertz CT molecular complexity index is 693. The van der Waals surface area contributed by atoms with E-state index in [0.29, 0.717) is 29.9 Å². The number of amides is 1. The van der Waals surface area contributed by atoms with Gasteiger partial charge in [-0.05, 0) is 53.6 Å². The lowest BCUT2D eigenvalue weighted by molar-refractivity contribution is 0.0720. The van der Waals surface area contributed by atoms with Crippen LogP contribution in [0.4, 0.5) is 5.69 Å². The van der Waals surface area contributed by atoms with Gasteiger partial charge in [-0.25, -0.2) is 0 Å². The molecular formula is C15H19N7O2. The van der Waals surface area contributed by atoms with Crippen molar-refractivity contribution in [1.29, 1.82) is 0 Å². The molecule has 1 saturated heterocycles. The fourth-order valence-corrected chi connectivity index (χ4v) is 2.86. The molecule has 1 atom stereocenters. The average Bonchev–Trinajstić information content (AvgIpc) is 2.85. The third-order valence-corrected chi connectivity index (χ3v) is 4.02. The molecule has 1 N–H and O–H groups in total. The summed E-state index contributed by atoms with van der Waals surface area (Å²) in [5.41, 5.74) is 18.4. The van der Waals surface area contributed by atoms with Crippen LogP contribution in [0.15, 0.2) is 28.4 Å². The van der Waals surface area contributed by atoms with Crippen LogP contribution in [0, 0.1) is 5.92 Å². The van der Waals surface area contributed by atoms with E-state index in [4.69, 9.17) is 11.1 Å². The summed E-state index contributed by atoms with van der Waals surface area (Å²) >= 11 is 0. The smallest absolute Gasteiger partial charge is 0.253 e. The Kier molecular flexibility index (Phi) is 6.45. The summed E-state index contributed by atoms with van der Waals surface area (Å²) in [6, 6.07) is 4.76. The van der Waals surface area contributed by atoms with Crippen LogP contribution in [0.2, 0.25) is 0 Å². The number of carbonyl (C=O) groups excluding carboxylic acids is 1. The summed E-state index contributed by atoms with van der Waals surface area (Å²) in [4.78, 5) is 20.0. The lowest BCUT2D eigenvalue weighted by atomic mass is 10.0. The number of rotatable bonds is 5. The first-order valence-electron chi connectivity index (χ1n) is 7.78. The van der Waals surface area contributed by atoms with Crippen LogP contribution < -0.4 is 0 Å². The number of aliphatic hydroxyl groups is 1. The van der Waals surface area contributed by atoms with Gasteiger partial charge in [-0.15, -0.1) is 0 Å². The number of aliphatic hydroxyl groups excluding tert-OH is 1. The van der Waals surface area contributed by atoms with Gasteiger partial charge in [0.15, 0.2) is 0 Å². The fourth-order valence-electron chi connectivity index (χ4n) is 2.86. The summed E-state index contributed by atoms with van der Waals surface area (Å²) in [6.07, 6.45) is 2.78. The summed E-state index contributed by atoms with van der Waals surface area (Å²) in [6.45, 7) is 1.27. The normalized spacial score (nSPS) is 17.4. The van der Waals surface area contributed by atoms with E-state index in [1.165, 1.54) is 6.07 Å². The maximum Gasteiger partial charge on any atom is 0.253 e. The van der Waals surface area contributed by atoms with E-state index in [1.807, 2.05) is 0 Å². The molecule has 1 unspecified atom stereocenters. The van der Waals surface area contributed by atoms with Crippen molar-refractivity contribution in [2.24, 2.45) is 16.1 Å². The number of likely N-dealkylation sites (tertiary alicyclic amines) is 1. The third kappa shape index (κ3) is 4.63. The van der Waals surface area contributed by atoms with Crippen LogP contribution in [-0.2, 0) is 6.54 Å². The zero-order valence-corrected chi connectivity index (χ0v) is 13.2. The Hall–Kier alpha value is -2.73. The van der Waals surface area contributed by atoms with Crippen molar-refractivity contribution in [2.45, 2.75) is 25.8 Å². The predicted molar refractivity (Wildman–Crippen MR) is 88.4 cm³/mol. The lowest BCUT2D eigenvalue weighted by Gasteiger charge is -2.24. The molecule has 9 heteroatoms. The quantitative estimate of drug-likeness (QED) is 0.500. The maximum absolute atomic E-state index is 12.8. The highest BCUT2D eigenvalue weighted by Gasteiger charge is 2.23. The highest BCUT2D eigenvalue weighted by Crippen LogP contribution is 2.23. The molecule has 1 fully saturated rings. The first-order chi connectivity index (χ1) is 11.7.